The van der Waals surface area contributed by atoms with Crippen molar-refractivity contribution in [2.24, 2.45) is 5.16 Å². The summed E-state index contributed by atoms with van der Waals surface area (Å²) in [5, 5.41) is 13.0. The quantitative estimate of drug-likeness (QED) is 0.426. The van der Waals surface area contributed by atoms with Gasteiger partial charge in [0.2, 0.25) is 0 Å². The Kier molecular flexibility index (Phi) is 6.48. The molecule has 0 aromatic heterocycles. The van der Waals surface area contributed by atoms with E-state index in [4.69, 9.17) is 4.74 Å². The zero-order valence-electron chi connectivity index (χ0n) is 15.9. The number of ether oxygens (including phenoxy) is 1. The van der Waals surface area contributed by atoms with Gasteiger partial charge in [0.05, 0.1) is 0 Å². The Hall–Kier alpha value is -2.28. The van der Waals surface area contributed by atoms with Crippen LogP contribution in [0.2, 0.25) is 17.3 Å². The molecule has 2 aromatic rings. The Bertz CT molecular complexity index is 825. The van der Waals surface area contributed by atoms with E-state index in [1.165, 1.54) is 11.5 Å². The summed E-state index contributed by atoms with van der Waals surface area (Å²) in [6, 6.07) is 13.5. The first kappa shape index (κ1) is 20.0. The van der Waals surface area contributed by atoms with E-state index in [0.29, 0.717) is 5.56 Å². The molecule has 6 heteroatoms. The fourth-order valence-corrected chi connectivity index (χ4v) is 5.19. The monoisotopic (exact) mass is 417 g/mol. The fourth-order valence-electron chi connectivity index (χ4n) is 2.61. The van der Waals surface area contributed by atoms with Crippen LogP contribution in [0.1, 0.15) is 16.7 Å². The Morgan fingerprint density at radius 1 is 1.15 bits per heavy atom. The Balaban J connectivity index is 2.26. The average molecular weight is 416 g/mol. The van der Waals surface area contributed by atoms with Crippen LogP contribution in [0.25, 0.3) is 0 Å². The minimum absolute atomic E-state index is 0.139. The van der Waals surface area contributed by atoms with Crippen molar-refractivity contribution in [3.05, 3.63) is 59.2 Å². The molecule has 0 saturated carbocycles. The van der Waals surface area contributed by atoms with E-state index in [2.05, 4.69) is 39.4 Å². The molecule has 26 heavy (non-hydrogen) atoms. The molecule has 0 aliphatic carbocycles. The maximum atomic E-state index is 11.5. The molecule has 1 N–H and O–H groups in total. The number of aliphatic carboxylic acids is 1. The third kappa shape index (κ3) is 4.88. The molecule has 5 nitrogen and oxygen atoms in total. The molecule has 0 unspecified atom stereocenters. The molecule has 0 radical (unpaired) electrons. The number of aryl methyl sites for hydroxylation is 1. The molecule has 0 atom stereocenters. The molecule has 0 amide bonds. The molecule has 0 fully saturated rings. The van der Waals surface area contributed by atoms with Gasteiger partial charge in [-0.05, 0) is 0 Å². The second-order valence-corrected chi connectivity index (χ2v) is 17.8. The molecule has 0 bridgehead atoms. The van der Waals surface area contributed by atoms with E-state index >= 15 is 0 Å². The summed E-state index contributed by atoms with van der Waals surface area (Å²) in [6.07, 6.45) is 0. The van der Waals surface area contributed by atoms with Crippen LogP contribution < -0.4 is 9.13 Å². The number of carboxylic acid groups (broad SMARTS) is 1. The predicted octanol–water partition coefficient (Wildman–Crippen LogP) is 3.55. The molecular formula is C20H25GeNO4. The van der Waals surface area contributed by atoms with Gasteiger partial charge in [0, 0.05) is 0 Å². The van der Waals surface area contributed by atoms with Crippen LogP contribution in [0.3, 0.4) is 0 Å². The Morgan fingerprint density at radius 3 is 2.42 bits per heavy atom. The van der Waals surface area contributed by atoms with Crippen LogP contribution in [-0.4, -0.2) is 37.2 Å². The number of carboxylic acids is 1. The summed E-state index contributed by atoms with van der Waals surface area (Å²) in [4.78, 5) is 16.1. The van der Waals surface area contributed by atoms with E-state index < -0.39 is 19.2 Å². The van der Waals surface area contributed by atoms with Crippen LogP contribution in [0.15, 0.2) is 47.6 Å². The van der Waals surface area contributed by atoms with Crippen molar-refractivity contribution in [1.29, 1.82) is 0 Å². The van der Waals surface area contributed by atoms with Crippen LogP contribution in [0.5, 0.6) is 5.75 Å². The third-order valence-corrected chi connectivity index (χ3v) is 8.37. The second kappa shape index (κ2) is 8.40. The van der Waals surface area contributed by atoms with Crippen molar-refractivity contribution in [3.63, 3.8) is 0 Å². The van der Waals surface area contributed by atoms with Crippen molar-refractivity contribution in [3.8, 4) is 5.75 Å². The van der Waals surface area contributed by atoms with Crippen LogP contribution >= 0.6 is 0 Å². The van der Waals surface area contributed by atoms with Gasteiger partial charge in [0.1, 0.15) is 0 Å². The molecule has 0 saturated heterocycles. The summed E-state index contributed by atoms with van der Waals surface area (Å²) >= 11 is -1.88. The SMILES string of the molecule is CON=C(C(=O)O)c1ccccc1COc1cc[c]([Ge]([CH3])([CH3])[CH3])cc1C. The van der Waals surface area contributed by atoms with Gasteiger partial charge in [-0.3, -0.25) is 0 Å². The van der Waals surface area contributed by atoms with Gasteiger partial charge < -0.3 is 0 Å². The number of rotatable bonds is 7. The van der Waals surface area contributed by atoms with Crippen molar-refractivity contribution < 1.29 is 19.5 Å². The van der Waals surface area contributed by atoms with Crippen molar-refractivity contribution >= 4 is 29.3 Å². The minimum atomic E-state index is -1.88. The molecule has 138 valence electrons. The number of nitrogens with zero attached hydrogens (tertiary/aromatic N) is 1. The van der Waals surface area contributed by atoms with Gasteiger partial charge in [0.15, 0.2) is 0 Å². The van der Waals surface area contributed by atoms with Crippen molar-refractivity contribution in [1.82, 2.24) is 0 Å². The second-order valence-electron chi connectivity index (χ2n) is 7.10. The number of hydrogen-bond donors (Lipinski definition) is 1. The van der Waals surface area contributed by atoms with E-state index in [1.54, 1.807) is 12.1 Å². The van der Waals surface area contributed by atoms with Crippen LogP contribution in [0.4, 0.5) is 0 Å². The summed E-state index contributed by atoms with van der Waals surface area (Å²) < 4.78 is 7.40. The van der Waals surface area contributed by atoms with Crippen LogP contribution in [0, 0.1) is 6.92 Å². The number of hydrogen-bond acceptors (Lipinski definition) is 4. The Morgan fingerprint density at radius 2 is 1.85 bits per heavy atom. The molecule has 2 aromatic carbocycles. The summed E-state index contributed by atoms with van der Waals surface area (Å²) in [7, 11) is 1.33. The van der Waals surface area contributed by atoms with Crippen molar-refractivity contribution in [2.75, 3.05) is 7.11 Å². The molecule has 0 spiro atoms. The number of oxime groups is 1. The average Bonchev–Trinajstić information content (AvgIpc) is 2.58. The van der Waals surface area contributed by atoms with E-state index in [1.807, 2.05) is 25.1 Å². The first-order valence-electron chi connectivity index (χ1n) is 8.40. The Labute approximate surface area is 157 Å². The van der Waals surface area contributed by atoms with Gasteiger partial charge in [-0.15, -0.1) is 0 Å². The number of benzene rings is 2. The molecule has 0 aliphatic rings. The molecule has 0 heterocycles. The molecule has 2 rings (SSSR count). The van der Waals surface area contributed by atoms with Gasteiger partial charge >= 0.3 is 157 Å². The summed E-state index contributed by atoms with van der Waals surface area (Å²) in [5.74, 6) is 6.73. The first-order chi connectivity index (χ1) is 12.2. The fraction of sp³-hybridized carbons (Fsp3) is 0.300. The normalized spacial score (nSPS) is 12.0. The van der Waals surface area contributed by atoms with E-state index in [-0.39, 0.29) is 12.3 Å². The van der Waals surface area contributed by atoms with E-state index in [0.717, 1.165) is 16.9 Å². The zero-order valence-corrected chi connectivity index (χ0v) is 18.0. The number of carbonyl (C=O) groups is 1. The van der Waals surface area contributed by atoms with Gasteiger partial charge in [-0.2, -0.15) is 0 Å². The van der Waals surface area contributed by atoms with E-state index in [9.17, 15) is 9.90 Å². The maximum absolute atomic E-state index is 11.5. The van der Waals surface area contributed by atoms with Gasteiger partial charge in [-0.25, -0.2) is 0 Å². The first-order valence-corrected chi connectivity index (χ1v) is 15.7. The molecular weight excluding hydrogens is 391 g/mol. The zero-order chi connectivity index (χ0) is 19.3. The summed E-state index contributed by atoms with van der Waals surface area (Å²) in [6.45, 7) is 2.29. The van der Waals surface area contributed by atoms with Crippen molar-refractivity contribution in [2.45, 2.75) is 30.8 Å². The standard InChI is InChI=1S/C20H25GeNO4/c1-14-12-16(21(2,3)4)10-11-18(14)26-13-15-8-6-7-9-17(15)19(20(23)24)22-25-5/h6-12H,13H2,1-5H3,(H,23,24). The predicted molar refractivity (Wildman–Crippen MR) is 106 cm³/mol. The van der Waals surface area contributed by atoms with Gasteiger partial charge in [0.25, 0.3) is 0 Å². The third-order valence-electron chi connectivity index (χ3n) is 4.08. The topological polar surface area (TPSA) is 68.1 Å². The van der Waals surface area contributed by atoms with Crippen LogP contribution in [-0.2, 0) is 16.2 Å². The molecule has 0 aliphatic heterocycles. The van der Waals surface area contributed by atoms with Gasteiger partial charge in [-0.1, -0.05) is 0 Å². The summed E-state index contributed by atoms with van der Waals surface area (Å²) in [5.41, 5.74) is 2.17.